The number of hydrogen-bond donors (Lipinski definition) is 0. The molecule has 0 saturated heterocycles. The third-order valence-electron chi connectivity index (χ3n) is 12.3. The number of unbranched alkanes of at least 4 members (excludes halogenated alkanes) is 37. The third-order valence-corrected chi connectivity index (χ3v) is 12.3. The second-order valence-corrected chi connectivity index (χ2v) is 18.5. The highest BCUT2D eigenvalue weighted by atomic mass is 16.6. The van der Waals surface area contributed by atoms with Gasteiger partial charge in [0.2, 0.25) is 0 Å². The van der Waals surface area contributed by atoms with Crippen molar-refractivity contribution in [2.24, 2.45) is 0 Å². The minimum atomic E-state index is -0.766. The fourth-order valence-corrected chi connectivity index (χ4v) is 8.14. The topological polar surface area (TPSA) is 78.9 Å². The lowest BCUT2D eigenvalue weighted by Gasteiger charge is -2.18. The van der Waals surface area contributed by atoms with Crippen molar-refractivity contribution in [1.29, 1.82) is 0 Å². The maximum Gasteiger partial charge on any atom is 0.306 e. The summed E-state index contributed by atoms with van der Waals surface area (Å²) in [4.78, 5) is 38.0. The van der Waals surface area contributed by atoms with Gasteiger partial charge in [-0.3, -0.25) is 14.4 Å². The summed E-state index contributed by atoms with van der Waals surface area (Å²) in [5.74, 6) is -0.856. The zero-order valence-corrected chi connectivity index (χ0v) is 41.2. The van der Waals surface area contributed by atoms with E-state index in [9.17, 15) is 14.4 Å². The van der Waals surface area contributed by atoms with E-state index >= 15 is 0 Å². The molecule has 0 aliphatic carbocycles. The van der Waals surface area contributed by atoms with Crippen molar-refractivity contribution < 1.29 is 28.6 Å². The number of carbonyl (C=O) groups excluding carboxylic acids is 3. The first-order chi connectivity index (χ1) is 30.0. The van der Waals surface area contributed by atoms with Crippen molar-refractivity contribution >= 4 is 17.9 Å². The molecular weight excluding hydrogens is 757 g/mol. The van der Waals surface area contributed by atoms with Crippen molar-refractivity contribution in [3.8, 4) is 0 Å². The first-order valence-electron chi connectivity index (χ1n) is 27.2. The molecule has 0 bridgehead atoms. The first kappa shape index (κ1) is 59.1. The van der Waals surface area contributed by atoms with Crippen LogP contribution in [0.5, 0.6) is 0 Å². The highest BCUT2D eigenvalue weighted by Crippen LogP contribution is 2.16. The summed E-state index contributed by atoms with van der Waals surface area (Å²) in [7, 11) is 0. The molecule has 0 aromatic heterocycles. The van der Waals surface area contributed by atoms with E-state index in [1.54, 1.807) is 0 Å². The molecule has 0 rings (SSSR count). The molecule has 0 unspecified atom stereocenters. The molecule has 0 aliphatic heterocycles. The van der Waals surface area contributed by atoms with Crippen LogP contribution in [0.2, 0.25) is 0 Å². The van der Waals surface area contributed by atoms with E-state index in [4.69, 9.17) is 14.2 Å². The van der Waals surface area contributed by atoms with E-state index in [1.807, 2.05) is 0 Å². The monoisotopic (exact) mass is 861 g/mol. The summed E-state index contributed by atoms with van der Waals surface area (Å²) in [6.45, 7) is 6.67. The van der Waals surface area contributed by atoms with E-state index in [1.165, 1.54) is 199 Å². The number of allylic oxidation sites excluding steroid dienone is 2. The Morgan fingerprint density at radius 3 is 0.820 bits per heavy atom. The number of rotatable bonds is 50. The van der Waals surface area contributed by atoms with E-state index in [0.29, 0.717) is 19.3 Å². The predicted molar refractivity (Wildman–Crippen MR) is 261 cm³/mol. The lowest BCUT2D eigenvalue weighted by molar-refractivity contribution is -0.167. The zero-order chi connectivity index (χ0) is 44.4. The van der Waals surface area contributed by atoms with Crippen LogP contribution in [0.4, 0.5) is 0 Å². The van der Waals surface area contributed by atoms with E-state index in [0.717, 1.165) is 64.2 Å². The van der Waals surface area contributed by atoms with Gasteiger partial charge in [-0.15, -0.1) is 0 Å². The summed E-state index contributed by atoms with van der Waals surface area (Å²) < 4.78 is 16.8. The van der Waals surface area contributed by atoms with Gasteiger partial charge in [0, 0.05) is 19.3 Å². The molecule has 61 heavy (non-hydrogen) atoms. The normalized spacial score (nSPS) is 12.0. The first-order valence-corrected chi connectivity index (χ1v) is 27.2. The van der Waals surface area contributed by atoms with Crippen molar-refractivity contribution in [3.63, 3.8) is 0 Å². The van der Waals surface area contributed by atoms with Crippen LogP contribution in [0, 0.1) is 0 Å². The molecule has 0 aliphatic rings. The lowest BCUT2D eigenvalue weighted by Crippen LogP contribution is -2.30. The fourth-order valence-electron chi connectivity index (χ4n) is 8.14. The van der Waals surface area contributed by atoms with Crippen LogP contribution < -0.4 is 0 Å². The Labute approximate surface area is 380 Å². The predicted octanol–water partition coefficient (Wildman–Crippen LogP) is 17.8. The van der Waals surface area contributed by atoms with Crippen LogP contribution >= 0.6 is 0 Å². The molecule has 0 spiro atoms. The Balaban J connectivity index is 4.32. The average Bonchev–Trinajstić information content (AvgIpc) is 3.26. The standard InChI is InChI=1S/C55H104O6/c1-4-7-10-13-16-19-22-25-27-30-32-35-38-41-44-47-53(56)59-50-52(61-55(58)49-46-43-40-37-34-29-24-21-18-15-12-9-6-3)51-60-54(57)48-45-42-39-36-33-31-28-26-23-20-17-14-11-8-5-2/h25,27,52H,4-24,26,28-51H2,1-3H3/b27-25-/t52-/m1/s1. The Morgan fingerprint density at radius 2 is 0.541 bits per heavy atom. The number of carbonyl (C=O) groups is 3. The van der Waals surface area contributed by atoms with Crippen LogP contribution in [0.3, 0.4) is 0 Å². The highest BCUT2D eigenvalue weighted by Gasteiger charge is 2.19. The fraction of sp³-hybridized carbons (Fsp3) is 0.909. The van der Waals surface area contributed by atoms with Crippen LogP contribution in [-0.2, 0) is 28.6 Å². The van der Waals surface area contributed by atoms with E-state index < -0.39 is 6.10 Å². The Morgan fingerprint density at radius 1 is 0.311 bits per heavy atom. The number of ether oxygens (including phenoxy) is 3. The lowest BCUT2D eigenvalue weighted by atomic mass is 10.0. The van der Waals surface area contributed by atoms with Crippen molar-refractivity contribution in [2.45, 2.75) is 309 Å². The quantitative estimate of drug-likeness (QED) is 0.0262. The van der Waals surface area contributed by atoms with Crippen LogP contribution in [0.15, 0.2) is 12.2 Å². The van der Waals surface area contributed by atoms with Gasteiger partial charge in [-0.25, -0.2) is 0 Å². The minimum Gasteiger partial charge on any atom is -0.462 e. The Hall–Kier alpha value is -1.85. The molecule has 6 heteroatoms. The summed E-state index contributed by atoms with van der Waals surface area (Å²) >= 11 is 0. The van der Waals surface area contributed by atoms with Gasteiger partial charge < -0.3 is 14.2 Å². The van der Waals surface area contributed by atoms with E-state index in [-0.39, 0.29) is 31.1 Å². The zero-order valence-electron chi connectivity index (χ0n) is 41.2. The number of esters is 3. The summed E-state index contributed by atoms with van der Waals surface area (Å²) in [6, 6.07) is 0. The smallest absolute Gasteiger partial charge is 0.306 e. The van der Waals surface area contributed by atoms with Crippen LogP contribution in [-0.4, -0.2) is 37.2 Å². The van der Waals surface area contributed by atoms with Crippen molar-refractivity contribution in [3.05, 3.63) is 12.2 Å². The summed E-state index contributed by atoms with van der Waals surface area (Å²) in [5, 5.41) is 0. The molecule has 0 N–H and O–H groups in total. The molecule has 1 atom stereocenters. The van der Waals surface area contributed by atoms with Gasteiger partial charge in [-0.05, 0) is 44.9 Å². The molecule has 0 saturated carbocycles. The highest BCUT2D eigenvalue weighted by molar-refractivity contribution is 5.71. The minimum absolute atomic E-state index is 0.0669. The summed E-state index contributed by atoms with van der Waals surface area (Å²) in [6.07, 6.45) is 56.2. The van der Waals surface area contributed by atoms with Crippen LogP contribution in [0.1, 0.15) is 303 Å². The molecule has 0 aromatic carbocycles. The second-order valence-electron chi connectivity index (χ2n) is 18.5. The maximum atomic E-state index is 12.8. The van der Waals surface area contributed by atoms with Gasteiger partial charge in [0.15, 0.2) is 6.10 Å². The molecule has 0 radical (unpaired) electrons. The molecule has 6 nitrogen and oxygen atoms in total. The molecule has 360 valence electrons. The van der Waals surface area contributed by atoms with Gasteiger partial charge >= 0.3 is 17.9 Å². The molecule has 0 heterocycles. The SMILES string of the molecule is CCCCCCCC/C=C\CCCCCCCC(=O)OC[C@H](COC(=O)CCCCCCCCCCCCCCCCC)OC(=O)CCCCCCCCCCCCCCC. The molecular formula is C55H104O6. The third kappa shape index (κ3) is 49.0. The Kier molecular flexibility index (Phi) is 49.3. The largest absolute Gasteiger partial charge is 0.462 e. The van der Waals surface area contributed by atoms with Crippen molar-refractivity contribution in [1.82, 2.24) is 0 Å². The van der Waals surface area contributed by atoms with Gasteiger partial charge in [-0.1, -0.05) is 251 Å². The Bertz CT molecular complexity index is 947. The van der Waals surface area contributed by atoms with E-state index in [2.05, 4.69) is 32.9 Å². The maximum absolute atomic E-state index is 12.8. The second kappa shape index (κ2) is 50.8. The van der Waals surface area contributed by atoms with Gasteiger partial charge in [-0.2, -0.15) is 0 Å². The van der Waals surface area contributed by atoms with Crippen LogP contribution in [0.25, 0.3) is 0 Å². The molecule has 0 fully saturated rings. The van der Waals surface area contributed by atoms with Crippen molar-refractivity contribution in [2.75, 3.05) is 13.2 Å². The molecule has 0 aromatic rings. The van der Waals surface area contributed by atoms with Gasteiger partial charge in [0.25, 0.3) is 0 Å². The molecule has 0 amide bonds. The van der Waals surface area contributed by atoms with Gasteiger partial charge in [0.1, 0.15) is 13.2 Å². The number of hydrogen-bond acceptors (Lipinski definition) is 6. The average molecular weight is 861 g/mol. The summed E-state index contributed by atoms with van der Waals surface area (Å²) in [5.41, 5.74) is 0. The van der Waals surface area contributed by atoms with Gasteiger partial charge in [0.05, 0.1) is 0 Å².